The first-order valence-electron chi connectivity index (χ1n) is 6.15. The highest BCUT2D eigenvalue weighted by atomic mass is 35.5. The van der Waals surface area contributed by atoms with E-state index in [0.717, 1.165) is 35.9 Å². The molecule has 0 fully saturated rings. The number of nitrogens with zero attached hydrogens (tertiary/aromatic N) is 2. The van der Waals surface area contributed by atoms with Gasteiger partial charge in [0, 0.05) is 37.4 Å². The van der Waals surface area contributed by atoms with Crippen LogP contribution in [0.25, 0.3) is 0 Å². The van der Waals surface area contributed by atoms with Gasteiger partial charge in [0.25, 0.3) is 0 Å². The molecule has 0 aliphatic heterocycles. The topological polar surface area (TPSA) is 29.9 Å². The normalized spacial score (nSPS) is 10.8. The molecule has 96 valence electrons. The Morgan fingerprint density at radius 2 is 2.22 bits per heavy atom. The summed E-state index contributed by atoms with van der Waals surface area (Å²) in [6.45, 7) is 3.92. The lowest BCUT2D eigenvalue weighted by Gasteiger charge is -2.08. The first-order valence-corrected chi connectivity index (χ1v) is 6.52. The minimum atomic E-state index is 0.768. The van der Waals surface area contributed by atoms with E-state index in [-0.39, 0.29) is 0 Å². The lowest BCUT2D eigenvalue weighted by molar-refractivity contribution is 0.726. The standard InChI is InChI=1S/C14H18ClN3/c1-3-16-10-11-4-5-12(13(15)8-11)9-14-17-6-7-18(14)2/h4-8,16H,3,9-10H2,1-2H3. The second kappa shape index (κ2) is 6.03. The van der Waals surface area contributed by atoms with Crippen LogP contribution in [0.5, 0.6) is 0 Å². The zero-order valence-electron chi connectivity index (χ0n) is 10.8. The molecule has 1 N–H and O–H groups in total. The van der Waals surface area contributed by atoms with E-state index in [1.54, 1.807) is 0 Å². The summed E-state index contributed by atoms with van der Waals surface area (Å²) in [6.07, 6.45) is 4.52. The van der Waals surface area contributed by atoms with Crippen molar-refractivity contribution < 1.29 is 0 Å². The molecule has 1 aromatic heterocycles. The summed E-state index contributed by atoms with van der Waals surface area (Å²) in [5, 5.41) is 4.10. The molecule has 1 heterocycles. The van der Waals surface area contributed by atoms with Gasteiger partial charge in [0.1, 0.15) is 5.82 Å². The molecule has 2 rings (SSSR count). The first-order chi connectivity index (χ1) is 8.70. The number of hydrogen-bond acceptors (Lipinski definition) is 2. The molecule has 2 aromatic rings. The Morgan fingerprint density at radius 3 is 2.83 bits per heavy atom. The quantitative estimate of drug-likeness (QED) is 0.899. The molecular formula is C14H18ClN3. The van der Waals surface area contributed by atoms with E-state index in [0.29, 0.717) is 0 Å². The molecule has 0 aliphatic rings. The first kappa shape index (κ1) is 13.1. The zero-order valence-corrected chi connectivity index (χ0v) is 11.5. The second-order valence-electron chi connectivity index (χ2n) is 4.34. The summed E-state index contributed by atoms with van der Waals surface area (Å²) in [5.74, 6) is 1.02. The highest BCUT2D eigenvalue weighted by molar-refractivity contribution is 6.31. The highest BCUT2D eigenvalue weighted by Gasteiger charge is 2.06. The number of aryl methyl sites for hydroxylation is 1. The van der Waals surface area contributed by atoms with E-state index in [9.17, 15) is 0 Å². The number of imidazole rings is 1. The molecule has 3 nitrogen and oxygen atoms in total. The summed E-state index contributed by atoms with van der Waals surface area (Å²) < 4.78 is 2.02. The molecule has 0 spiro atoms. The van der Waals surface area contributed by atoms with Crippen molar-refractivity contribution in [1.29, 1.82) is 0 Å². The number of rotatable bonds is 5. The van der Waals surface area contributed by atoms with Crippen molar-refractivity contribution in [2.24, 2.45) is 7.05 Å². The van der Waals surface area contributed by atoms with Crippen molar-refractivity contribution in [3.63, 3.8) is 0 Å². The molecule has 1 aromatic carbocycles. The van der Waals surface area contributed by atoms with E-state index in [2.05, 4.69) is 29.4 Å². The van der Waals surface area contributed by atoms with Crippen LogP contribution in [0.15, 0.2) is 30.6 Å². The van der Waals surface area contributed by atoms with Gasteiger partial charge >= 0.3 is 0 Å². The van der Waals surface area contributed by atoms with Crippen LogP contribution >= 0.6 is 11.6 Å². The van der Waals surface area contributed by atoms with Gasteiger partial charge in [-0.1, -0.05) is 30.7 Å². The third-order valence-electron chi connectivity index (χ3n) is 2.97. The Hall–Kier alpha value is -1.32. The average Bonchev–Trinajstić information content (AvgIpc) is 2.75. The monoisotopic (exact) mass is 263 g/mol. The Balaban J connectivity index is 2.12. The van der Waals surface area contributed by atoms with E-state index >= 15 is 0 Å². The van der Waals surface area contributed by atoms with Crippen LogP contribution in [-0.2, 0) is 20.0 Å². The number of aromatic nitrogens is 2. The van der Waals surface area contributed by atoms with E-state index in [1.165, 1.54) is 5.56 Å². The largest absolute Gasteiger partial charge is 0.338 e. The number of benzene rings is 1. The number of halogens is 1. The van der Waals surface area contributed by atoms with Gasteiger partial charge in [0.05, 0.1) is 0 Å². The zero-order chi connectivity index (χ0) is 13.0. The Labute approximate surface area is 113 Å². The Bertz CT molecular complexity index is 520. The van der Waals surface area contributed by atoms with Crippen LogP contribution in [0.4, 0.5) is 0 Å². The van der Waals surface area contributed by atoms with Gasteiger partial charge in [-0.2, -0.15) is 0 Å². The fourth-order valence-electron chi connectivity index (χ4n) is 1.85. The fourth-order valence-corrected chi connectivity index (χ4v) is 2.12. The molecule has 0 amide bonds. The lowest BCUT2D eigenvalue weighted by Crippen LogP contribution is -2.11. The lowest BCUT2D eigenvalue weighted by atomic mass is 10.1. The Kier molecular flexibility index (Phi) is 4.39. The summed E-state index contributed by atoms with van der Waals surface area (Å²) in [4.78, 5) is 4.32. The smallest absolute Gasteiger partial charge is 0.112 e. The van der Waals surface area contributed by atoms with Crippen LogP contribution in [0, 0.1) is 0 Å². The predicted molar refractivity (Wildman–Crippen MR) is 74.8 cm³/mol. The van der Waals surface area contributed by atoms with Gasteiger partial charge in [0.15, 0.2) is 0 Å². The summed E-state index contributed by atoms with van der Waals surface area (Å²) in [7, 11) is 2.00. The molecule has 0 radical (unpaired) electrons. The summed E-state index contributed by atoms with van der Waals surface area (Å²) in [5.41, 5.74) is 2.33. The van der Waals surface area contributed by atoms with Crippen molar-refractivity contribution in [2.75, 3.05) is 6.54 Å². The SMILES string of the molecule is CCNCc1ccc(Cc2nccn2C)c(Cl)c1. The molecule has 0 saturated heterocycles. The third-order valence-corrected chi connectivity index (χ3v) is 3.32. The molecule has 0 unspecified atom stereocenters. The van der Waals surface area contributed by atoms with E-state index in [4.69, 9.17) is 11.6 Å². The molecule has 0 atom stereocenters. The van der Waals surface area contributed by atoms with Gasteiger partial charge in [-0.05, 0) is 23.7 Å². The number of hydrogen-bond donors (Lipinski definition) is 1. The van der Waals surface area contributed by atoms with Crippen LogP contribution in [0.1, 0.15) is 23.9 Å². The Morgan fingerprint density at radius 1 is 1.39 bits per heavy atom. The molecule has 0 saturated carbocycles. The molecular weight excluding hydrogens is 246 g/mol. The molecule has 0 aliphatic carbocycles. The van der Waals surface area contributed by atoms with Crippen LogP contribution in [0.3, 0.4) is 0 Å². The summed E-state index contributed by atoms with van der Waals surface area (Å²) >= 11 is 6.31. The fraction of sp³-hybridized carbons (Fsp3) is 0.357. The van der Waals surface area contributed by atoms with Crippen LogP contribution in [-0.4, -0.2) is 16.1 Å². The van der Waals surface area contributed by atoms with E-state index < -0.39 is 0 Å². The maximum atomic E-state index is 6.31. The van der Waals surface area contributed by atoms with Gasteiger partial charge in [-0.3, -0.25) is 0 Å². The van der Waals surface area contributed by atoms with E-state index in [1.807, 2.05) is 30.1 Å². The predicted octanol–water partition coefficient (Wildman–Crippen LogP) is 2.77. The van der Waals surface area contributed by atoms with Crippen molar-refractivity contribution in [3.05, 3.63) is 52.6 Å². The van der Waals surface area contributed by atoms with Crippen molar-refractivity contribution in [1.82, 2.24) is 14.9 Å². The minimum absolute atomic E-state index is 0.768. The van der Waals surface area contributed by atoms with Crippen LogP contribution in [0.2, 0.25) is 5.02 Å². The van der Waals surface area contributed by atoms with Gasteiger partial charge in [-0.15, -0.1) is 0 Å². The van der Waals surface area contributed by atoms with Gasteiger partial charge < -0.3 is 9.88 Å². The average molecular weight is 264 g/mol. The molecule has 4 heteroatoms. The van der Waals surface area contributed by atoms with Gasteiger partial charge in [-0.25, -0.2) is 4.98 Å². The molecule has 18 heavy (non-hydrogen) atoms. The minimum Gasteiger partial charge on any atom is -0.338 e. The van der Waals surface area contributed by atoms with Crippen molar-refractivity contribution >= 4 is 11.6 Å². The van der Waals surface area contributed by atoms with Crippen LogP contribution < -0.4 is 5.32 Å². The maximum Gasteiger partial charge on any atom is 0.112 e. The maximum absolute atomic E-state index is 6.31. The van der Waals surface area contributed by atoms with Gasteiger partial charge in [0.2, 0.25) is 0 Å². The highest BCUT2D eigenvalue weighted by Crippen LogP contribution is 2.20. The molecule has 0 bridgehead atoms. The number of nitrogens with one attached hydrogen (secondary N) is 1. The second-order valence-corrected chi connectivity index (χ2v) is 4.74. The van der Waals surface area contributed by atoms with Crippen molar-refractivity contribution in [2.45, 2.75) is 19.9 Å². The summed E-state index contributed by atoms with van der Waals surface area (Å²) in [6, 6.07) is 6.24. The third kappa shape index (κ3) is 3.12. The van der Waals surface area contributed by atoms with Crippen molar-refractivity contribution in [3.8, 4) is 0 Å².